The monoisotopic (exact) mass is 471 g/mol. The van der Waals surface area contributed by atoms with E-state index in [0.29, 0.717) is 30.2 Å². The Hall–Kier alpha value is -4.40. The largest absolute Gasteiger partial charge is 0.481 e. The highest BCUT2D eigenvalue weighted by Crippen LogP contribution is 2.29. The Bertz CT molecular complexity index is 1490. The lowest BCUT2D eigenvalue weighted by Crippen LogP contribution is -2.23. The molecule has 0 fully saturated rings. The van der Waals surface area contributed by atoms with Gasteiger partial charge in [0.05, 0.1) is 18.8 Å². The Morgan fingerprint density at radius 1 is 1.11 bits per heavy atom. The van der Waals surface area contributed by atoms with Crippen LogP contribution in [0.25, 0.3) is 5.65 Å². The van der Waals surface area contributed by atoms with Crippen LogP contribution in [0.1, 0.15) is 45.7 Å². The molecule has 9 heteroatoms. The van der Waals surface area contributed by atoms with Gasteiger partial charge in [-0.2, -0.15) is 0 Å². The summed E-state index contributed by atoms with van der Waals surface area (Å²) in [6, 6.07) is 14.6. The van der Waals surface area contributed by atoms with Crippen molar-refractivity contribution in [2.24, 2.45) is 0 Å². The van der Waals surface area contributed by atoms with Crippen molar-refractivity contribution in [2.75, 3.05) is 17.3 Å². The van der Waals surface area contributed by atoms with Crippen LogP contribution in [-0.2, 0) is 13.1 Å². The molecule has 0 saturated carbocycles. The van der Waals surface area contributed by atoms with Gasteiger partial charge in [0.15, 0.2) is 5.69 Å². The smallest absolute Gasteiger partial charge is 0.356 e. The molecule has 4 aromatic rings. The standard InChI is InChI=1S/C26H25N5O4/c1-15-10-19(16(2)27-20-8-9-22(35-3)29-24(20)26(33)34)25-28-21(11-23(32)31(25)12-15)30-13-17-6-4-5-7-18(17)14-30/h4-12,16,27H,13-14H2,1-3H3,(H,33,34)/t16-/m1/s1. The summed E-state index contributed by atoms with van der Waals surface area (Å²) in [6.45, 7) is 5.18. The van der Waals surface area contributed by atoms with Gasteiger partial charge in [0.2, 0.25) is 5.88 Å². The van der Waals surface area contributed by atoms with Gasteiger partial charge in [0.25, 0.3) is 5.56 Å². The van der Waals surface area contributed by atoms with Crippen LogP contribution in [0.3, 0.4) is 0 Å². The third kappa shape index (κ3) is 4.16. The minimum absolute atomic E-state index is 0.145. The Labute approximate surface area is 201 Å². The minimum Gasteiger partial charge on any atom is -0.481 e. The third-order valence-corrected chi connectivity index (χ3v) is 6.20. The van der Waals surface area contributed by atoms with Crippen molar-refractivity contribution >= 4 is 23.1 Å². The van der Waals surface area contributed by atoms with Crippen LogP contribution >= 0.6 is 0 Å². The van der Waals surface area contributed by atoms with E-state index in [-0.39, 0.29) is 23.2 Å². The van der Waals surface area contributed by atoms with Gasteiger partial charge in [-0.3, -0.25) is 9.20 Å². The van der Waals surface area contributed by atoms with Crippen LogP contribution in [0.2, 0.25) is 0 Å². The summed E-state index contributed by atoms with van der Waals surface area (Å²) in [7, 11) is 1.43. The summed E-state index contributed by atoms with van der Waals surface area (Å²) < 4.78 is 6.61. The molecule has 0 unspecified atom stereocenters. The first-order valence-corrected chi connectivity index (χ1v) is 11.2. The maximum Gasteiger partial charge on any atom is 0.356 e. The van der Waals surface area contributed by atoms with Gasteiger partial charge in [-0.25, -0.2) is 14.8 Å². The summed E-state index contributed by atoms with van der Waals surface area (Å²) in [4.78, 5) is 35.9. The van der Waals surface area contributed by atoms with Gasteiger partial charge in [-0.15, -0.1) is 0 Å². The Balaban J connectivity index is 1.55. The van der Waals surface area contributed by atoms with Crippen molar-refractivity contribution < 1.29 is 14.6 Å². The molecule has 1 atom stereocenters. The van der Waals surface area contributed by atoms with Crippen LogP contribution in [-0.4, -0.2) is 32.6 Å². The third-order valence-electron chi connectivity index (χ3n) is 6.20. The summed E-state index contributed by atoms with van der Waals surface area (Å²) >= 11 is 0. The number of methoxy groups -OCH3 is 1. The van der Waals surface area contributed by atoms with E-state index in [1.807, 2.05) is 32.0 Å². The number of aromatic nitrogens is 3. The fourth-order valence-electron chi connectivity index (χ4n) is 4.48. The van der Waals surface area contributed by atoms with Gasteiger partial charge in [-0.05, 0) is 42.7 Å². The molecule has 3 aromatic heterocycles. The number of aryl methyl sites for hydroxylation is 1. The maximum atomic E-state index is 13.1. The van der Waals surface area contributed by atoms with Crippen LogP contribution in [0.5, 0.6) is 5.88 Å². The lowest BCUT2D eigenvalue weighted by atomic mass is 10.1. The predicted molar refractivity (Wildman–Crippen MR) is 132 cm³/mol. The first-order valence-electron chi connectivity index (χ1n) is 11.2. The summed E-state index contributed by atoms with van der Waals surface area (Å²) in [6.07, 6.45) is 1.76. The van der Waals surface area contributed by atoms with Crippen molar-refractivity contribution in [3.05, 3.63) is 93.0 Å². The van der Waals surface area contributed by atoms with Gasteiger partial charge in [0.1, 0.15) is 11.5 Å². The molecule has 0 aliphatic carbocycles. The highest BCUT2D eigenvalue weighted by atomic mass is 16.5. The molecular formula is C26H25N5O4. The molecule has 178 valence electrons. The predicted octanol–water partition coefficient (Wildman–Crippen LogP) is 3.80. The van der Waals surface area contributed by atoms with E-state index in [1.165, 1.54) is 18.2 Å². The quantitative estimate of drug-likeness (QED) is 0.437. The average molecular weight is 472 g/mol. The molecule has 0 radical (unpaired) electrons. The topological polar surface area (TPSA) is 109 Å². The number of carboxylic acid groups (broad SMARTS) is 1. The lowest BCUT2D eigenvalue weighted by molar-refractivity contribution is 0.0690. The molecule has 1 aromatic carbocycles. The van der Waals surface area contributed by atoms with Gasteiger partial charge in [-0.1, -0.05) is 24.3 Å². The van der Waals surface area contributed by atoms with Crippen LogP contribution in [0, 0.1) is 6.92 Å². The Kier molecular flexibility index (Phi) is 5.60. The number of fused-ring (bicyclic) bond motifs is 2. The number of anilines is 2. The van der Waals surface area contributed by atoms with Crippen LogP contribution in [0.4, 0.5) is 11.5 Å². The number of carbonyl (C=O) groups is 1. The molecule has 0 spiro atoms. The number of hydrogen-bond acceptors (Lipinski definition) is 7. The molecule has 2 N–H and O–H groups in total. The molecule has 0 bridgehead atoms. The molecule has 1 aliphatic heterocycles. The molecule has 0 amide bonds. The first kappa shape index (κ1) is 22.4. The van der Waals surface area contributed by atoms with Gasteiger partial charge in [0, 0.05) is 37.0 Å². The van der Waals surface area contributed by atoms with Crippen molar-refractivity contribution in [1.29, 1.82) is 0 Å². The van der Waals surface area contributed by atoms with Crippen molar-refractivity contribution in [1.82, 2.24) is 14.4 Å². The van der Waals surface area contributed by atoms with Crippen molar-refractivity contribution in [3.8, 4) is 5.88 Å². The summed E-state index contributed by atoms with van der Waals surface area (Å²) in [5.74, 6) is -0.343. The van der Waals surface area contributed by atoms with E-state index < -0.39 is 5.97 Å². The number of nitrogens with one attached hydrogen (secondary N) is 1. The van der Waals surface area contributed by atoms with E-state index >= 15 is 0 Å². The van der Waals surface area contributed by atoms with E-state index in [0.717, 1.165) is 11.1 Å². The SMILES string of the molecule is COc1ccc(N[C@H](C)c2cc(C)cn3c(=O)cc(N4Cc5ccccc5C4)nc23)c(C(=O)O)n1. The highest BCUT2D eigenvalue weighted by Gasteiger charge is 2.23. The molecule has 9 nitrogen and oxygen atoms in total. The molecule has 0 saturated heterocycles. The van der Waals surface area contributed by atoms with E-state index in [1.54, 1.807) is 28.8 Å². The second kappa shape index (κ2) is 8.75. The maximum absolute atomic E-state index is 13.1. The van der Waals surface area contributed by atoms with E-state index in [4.69, 9.17) is 9.72 Å². The molecule has 4 heterocycles. The number of aromatic carboxylic acids is 1. The first-order chi connectivity index (χ1) is 16.8. The number of benzene rings is 1. The zero-order chi connectivity index (χ0) is 24.7. The Morgan fingerprint density at radius 2 is 1.83 bits per heavy atom. The lowest BCUT2D eigenvalue weighted by Gasteiger charge is -2.21. The molecule has 5 rings (SSSR count). The second-order valence-corrected chi connectivity index (χ2v) is 8.66. The Morgan fingerprint density at radius 3 is 2.49 bits per heavy atom. The number of carboxylic acids is 1. The van der Waals surface area contributed by atoms with Crippen molar-refractivity contribution in [2.45, 2.75) is 33.0 Å². The number of nitrogens with zero attached hydrogens (tertiary/aromatic N) is 4. The van der Waals surface area contributed by atoms with Gasteiger partial charge >= 0.3 is 5.97 Å². The normalized spacial score (nSPS) is 13.5. The number of ether oxygens (including phenoxy) is 1. The number of hydrogen-bond donors (Lipinski definition) is 2. The van der Waals surface area contributed by atoms with E-state index in [9.17, 15) is 14.7 Å². The fraction of sp³-hybridized carbons (Fsp3) is 0.231. The zero-order valence-electron chi connectivity index (χ0n) is 19.6. The summed E-state index contributed by atoms with van der Waals surface area (Å²) in [5, 5.41) is 12.9. The summed E-state index contributed by atoms with van der Waals surface area (Å²) in [5.41, 5.74) is 4.66. The van der Waals surface area contributed by atoms with Crippen LogP contribution < -0.4 is 20.5 Å². The molecule has 1 aliphatic rings. The highest BCUT2D eigenvalue weighted by molar-refractivity contribution is 5.92. The molecular weight excluding hydrogens is 446 g/mol. The van der Waals surface area contributed by atoms with Crippen LogP contribution in [0.15, 0.2) is 59.5 Å². The average Bonchev–Trinajstić information content (AvgIpc) is 3.28. The van der Waals surface area contributed by atoms with Gasteiger partial charge < -0.3 is 20.1 Å². The fourth-order valence-corrected chi connectivity index (χ4v) is 4.48. The molecule has 35 heavy (non-hydrogen) atoms. The minimum atomic E-state index is -1.17. The van der Waals surface area contributed by atoms with Crippen molar-refractivity contribution in [3.63, 3.8) is 0 Å². The van der Waals surface area contributed by atoms with E-state index in [2.05, 4.69) is 27.3 Å². The zero-order valence-corrected chi connectivity index (χ0v) is 19.6. The second-order valence-electron chi connectivity index (χ2n) is 8.66. The number of pyridine rings is 2. The number of rotatable bonds is 6.